The van der Waals surface area contributed by atoms with Gasteiger partial charge in [0.1, 0.15) is 5.15 Å². The Morgan fingerprint density at radius 2 is 2.42 bits per heavy atom. The lowest BCUT2D eigenvalue weighted by molar-refractivity contribution is 0.0896. The first-order chi connectivity index (χ1) is 5.70. The molecule has 0 unspecified atom stereocenters. The first-order valence-electron chi connectivity index (χ1n) is 3.31. The molecule has 0 aliphatic carbocycles. The van der Waals surface area contributed by atoms with E-state index in [1.165, 1.54) is 10.1 Å². The van der Waals surface area contributed by atoms with Crippen molar-refractivity contribution in [3.63, 3.8) is 0 Å². The molecule has 0 aromatic carbocycles. The van der Waals surface area contributed by atoms with Gasteiger partial charge in [0, 0.05) is 11.8 Å². The van der Waals surface area contributed by atoms with Crippen molar-refractivity contribution in [1.29, 1.82) is 0 Å². The van der Waals surface area contributed by atoms with Crippen LogP contribution in [0.4, 0.5) is 0 Å². The standard InChI is InChI=1S/C7H4BrClN2O/c8-11-3-5-4(7(11)12)1-2-10-6(5)9/h1-2H,3H2. The maximum absolute atomic E-state index is 11.3. The molecule has 62 valence electrons. The SMILES string of the molecule is O=C1c2ccnc(Cl)c2CN1Br. The van der Waals surface area contributed by atoms with Gasteiger partial charge in [-0.25, -0.2) is 4.98 Å². The van der Waals surface area contributed by atoms with E-state index in [4.69, 9.17) is 11.6 Å². The van der Waals surface area contributed by atoms with E-state index in [-0.39, 0.29) is 5.91 Å². The van der Waals surface area contributed by atoms with Gasteiger partial charge in [0.05, 0.1) is 28.3 Å². The number of carbonyl (C=O) groups excluding carboxylic acids is 1. The van der Waals surface area contributed by atoms with Crippen LogP contribution in [0.25, 0.3) is 0 Å². The highest BCUT2D eigenvalue weighted by molar-refractivity contribution is 9.07. The van der Waals surface area contributed by atoms with Gasteiger partial charge in [0.2, 0.25) is 0 Å². The summed E-state index contributed by atoms with van der Waals surface area (Å²) in [6.07, 6.45) is 1.53. The topological polar surface area (TPSA) is 33.2 Å². The fourth-order valence-electron chi connectivity index (χ4n) is 1.16. The second-order valence-corrected chi connectivity index (χ2v) is 3.67. The monoisotopic (exact) mass is 246 g/mol. The lowest BCUT2D eigenvalue weighted by atomic mass is 10.2. The highest BCUT2D eigenvalue weighted by atomic mass is 79.9. The molecular formula is C7H4BrClN2O. The Kier molecular flexibility index (Phi) is 1.81. The number of carbonyl (C=O) groups is 1. The quantitative estimate of drug-likeness (QED) is 0.519. The molecule has 1 aliphatic rings. The lowest BCUT2D eigenvalue weighted by Crippen LogP contribution is -2.10. The van der Waals surface area contributed by atoms with E-state index in [9.17, 15) is 4.79 Å². The third kappa shape index (κ3) is 1.03. The molecule has 0 N–H and O–H groups in total. The lowest BCUT2D eigenvalue weighted by Gasteiger charge is -2.00. The highest BCUT2D eigenvalue weighted by Crippen LogP contribution is 2.28. The van der Waals surface area contributed by atoms with Crippen LogP contribution >= 0.6 is 27.7 Å². The summed E-state index contributed by atoms with van der Waals surface area (Å²) >= 11 is 8.91. The van der Waals surface area contributed by atoms with Crippen LogP contribution in [-0.2, 0) is 6.54 Å². The second-order valence-electron chi connectivity index (χ2n) is 2.45. The second kappa shape index (κ2) is 2.71. The number of aromatic nitrogens is 1. The van der Waals surface area contributed by atoms with Crippen molar-refractivity contribution in [3.05, 3.63) is 28.5 Å². The molecule has 5 heteroatoms. The molecule has 0 saturated heterocycles. The molecule has 0 saturated carbocycles. The number of hydrogen-bond donors (Lipinski definition) is 0. The predicted molar refractivity (Wildman–Crippen MR) is 48.0 cm³/mol. The van der Waals surface area contributed by atoms with Crippen LogP contribution < -0.4 is 0 Å². The molecule has 12 heavy (non-hydrogen) atoms. The molecule has 1 amide bonds. The first kappa shape index (κ1) is 8.01. The summed E-state index contributed by atoms with van der Waals surface area (Å²) in [4.78, 5) is 15.2. The fourth-order valence-corrected chi connectivity index (χ4v) is 1.82. The number of hydrogen-bond acceptors (Lipinski definition) is 2. The zero-order chi connectivity index (χ0) is 8.72. The van der Waals surface area contributed by atoms with Crippen molar-refractivity contribution >= 4 is 33.7 Å². The van der Waals surface area contributed by atoms with Crippen LogP contribution in [0.3, 0.4) is 0 Å². The largest absolute Gasteiger partial charge is 0.270 e. The van der Waals surface area contributed by atoms with Crippen LogP contribution in [-0.4, -0.2) is 14.8 Å². The molecule has 1 aliphatic heterocycles. The van der Waals surface area contributed by atoms with E-state index in [2.05, 4.69) is 21.1 Å². The molecule has 1 aromatic rings. The fraction of sp³-hybridized carbons (Fsp3) is 0.143. The van der Waals surface area contributed by atoms with Crippen molar-refractivity contribution in [2.45, 2.75) is 6.54 Å². The molecule has 0 fully saturated rings. The molecule has 3 nitrogen and oxygen atoms in total. The van der Waals surface area contributed by atoms with Crippen molar-refractivity contribution in [3.8, 4) is 0 Å². The number of amides is 1. The first-order valence-corrected chi connectivity index (χ1v) is 4.40. The summed E-state index contributed by atoms with van der Waals surface area (Å²) in [5, 5.41) is 0.405. The number of pyridine rings is 1. The molecule has 0 radical (unpaired) electrons. The van der Waals surface area contributed by atoms with E-state index in [1.807, 2.05) is 0 Å². The Hall–Kier alpha value is -0.610. The number of halogens is 2. The molecule has 0 bridgehead atoms. The van der Waals surface area contributed by atoms with Gasteiger partial charge >= 0.3 is 0 Å². The summed E-state index contributed by atoms with van der Waals surface area (Å²) in [7, 11) is 0. The van der Waals surface area contributed by atoms with Crippen molar-refractivity contribution < 1.29 is 4.79 Å². The van der Waals surface area contributed by atoms with Crippen molar-refractivity contribution in [2.24, 2.45) is 0 Å². The summed E-state index contributed by atoms with van der Waals surface area (Å²) in [5.41, 5.74) is 1.42. The summed E-state index contributed by atoms with van der Waals surface area (Å²) in [5.74, 6) is -0.0608. The van der Waals surface area contributed by atoms with Gasteiger partial charge in [-0.3, -0.25) is 8.72 Å². The number of fused-ring (bicyclic) bond motifs is 1. The number of nitrogens with zero attached hydrogens (tertiary/aromatic N) is 2. The van der Waals surface area contributed by atoms with Gasteiger partial charge in [-0.2, -0.15) is 0 Å². The van der Waals surface area contributed by atoms with Gasteiger partial charge in [-0.15, -0.1) is 0 Å². The molecule has 2 rings (SSSR count). The van der Waals surface area contributed by atoms with E-state index < -0.39 is 0 Å². The van der Waals surface area contributed by atoms with Crippen molar-refractivity contribution in [2.75, 3.05) is 0 Å². The van der Waals surface area contributed by atoms with Crippen LogP contribution in [0.2, 0.25) is 5.15 Å². The molecule has 1 aromatic heterocycles. The minimum Gasteiger partial charge on any atom is -0.270 e. The Balaban J connectivity index is 2.61. The number of rotatable bonds is 0. The van der Waals surface area contributed by atoms with E-state index in [1.54, 1.807) is 6.07 Å². The van der Waals surface area contributed by atoms with Gasteiger partial charge in [0.15, 0.2) is 0 Å². The van der Waals surface area contributed by atoms with Gasteiger partial charge < -0.3 is 0 Å². The van der Waals surface area contributed by atoms with Gasteiger partial charge in [-0.1, -0.05) is 11.6 Å². The van der Waals surface area contributed by atoms with Crippen molar-refractivity contribution in [1.82, 2.24) is 8.91 Å². The third-order valence-corrected chi connectivity index (χ3v) is 2.65. The molecule has 0 atom stereocenters. The van der Waals surface area contributed by atoms with Crippen LogP contribution in [0, 0.1) is 0 Å². The van der Waals surface area contributed by atoms with Crippen LogP contribution in [0.15, 0.2) is 12.3 Å². The summed E-state index contributed by atoms with van der Waals surface area (Å²) < 4.78 is 1.44. The zero-order valence-corrected chi connectivity index (χ0v) is 8.26. The zero-order valence-electron chi connectivity index (χ0n) is 5.92. The minimum atomic E-state index is -0.0608. The Morgan fingerprint density at radius 1 is 1.67 bits per heavy atom. The average molecular weight is 247 g/mol. The third-order valence-electron chi connectivity index (χ3n) is 1.75. The van der Waals surface area contributed by atoms with E-state index in [0.29, 0.717) is 17.3 Å². The maximum atomic E-state index is 11.3. The highest BCUT2D eigenvalue weighted by Gasteiger charge is 2.27. The Morgan fingerprint density at radius 3 is 3.08 bits per heavy atom. The minimum absolute atomic E-state index is 0.0608. The van der Waals surface area contributed by atoms with E-state index >= 15 is 0 Å². The van der Waals surface area contributed by atoms with E-state index in [0.717, 1.165) is 5.56 Å². The Bertz CT molecular complexity index is 355. The average Bonchev–Trinajstić information content (AvgIpc) is 2.32. The predicted octanol–water partition coefficient (Wildman–Crippen LogP) is 2.00. The van der Waals surface area contributed by atoms with Crippen LogP contribution in [0.1, 0.15) is 15.9 Å². The maximum Gasteiger partial charge on any atom is 0.264 e. The normalized spacial score (nSPS) is 15.2. The Labute approximate surface area is 82.7 Å². The van der Waals surface area contributed by atoms with Crippen LogP contribution in [0.5, 0.6) is 0 Å². The molecule has 0 spiro atoms. The summed E-state index contributed by atoms with van der Waals surface area (Å²) in [6, 6.07) is 1.67. The molecule has 2 heterocycles. The smallest absolute Gasteiger partial charge is 0.264 e. The van der Waals surface area contributed by atoms with Gasteiger partial charge in [0.25, 0.3) is 5.91 Å². The molecular weight excluding hydrogens is 243 g/mol. The van der Waals surface area contributed by atoms with Gasteiger partial charge in [-0.05, 0) is 6.07 Å². The summed E-state index contributed by atoms with van der Waals surface area (Å²) in [6.45, 7) is 0.487.